The minimum atomic E-state index is -0.129. The van der Waals surface area contributed by atoms with E-state index in [9.17, 15) is 4.39 Å². The molecule has 0 spiro atoms. The number of hydrogen-bond donors (Lipinski definition) is 1. The maximum atomic E-state index is 14.2. The molecule has 1 nitrogen and oxygen atoms in total. The summed E-state index contributed by atoms with van der Waals surface area (Å²) < 4.78 is 15.3. The third kappa shape index (κ3) is 2.03. The smallest absolute Gasteiger partial charge is 0.128 e. The molecule has 106 valence electrons. The van der Waals surface area contributed by atoms with Crippen molar-refractivity contribution in [2.24, 2.45) is 5.92 Å². The van der Waals surface area contributed by atoms with Crippen LogP contribution in [0, 0.1) is 11.7 Å². The van der Waals surface area contributed by atoms with Gasteiger partial charge in [0.1, 0.15) is 5.82 Å². The van der Waals surface area contributed by atoms with Crippen molar-refractivity contribution in [2.45, 2.75) is 18.4 Å². The topological polar surface area (TPSA) is 12.0 Å². The highest BCUT2D eigenvalue weighted by Crippen LogP contribution is 2.51. The lowest BCUT2D eigenvalue weighted by atomic mass is 9.77. The average molecular weight is 344 g/mol. The molecule has 2 aromatic carbocycles. The van der Waals surface area contributed by atoms with Crippen LogP contribution in [0.15, 0.2) is 59.1 Å². The van der Waals surface area contributed by atoms with Gasteiger partial charge in [0, 0.05) is 16.0 Å². The summed E-state index contributed by atoms with van der Waals surface area (Å²) in [6.07, 6.45) is 5.48. The predicted molar refractivity (Wildman–Crippen MR) is 86.9 cm³/mol. The number of para-hydroxylation sites is 1. The molecule has 3 atom stereocenters. The lowest BCUT2D eigenvalue weighted by Crippen LogP contribution is -2.29. The molecular weight excluding hydrogens is 329 g/mol. The van der Waals surface area contributed by atoms with Gasteiger partial charge in [-0.25, -0.2) is 4.39 Å². The van der Waals surface area contributed by atoms with Gasteiger partial charge in [-0.1, -0.05) is 42.5 Å². The van der Waals surface area contributed by atoms with E-state index >= 15 is 0 Å². The van der Waals surface area contributed by atoms with Crippen LogP contribution in [0.3, 0.4) is 0 Å². The Kier molecular flexibility index (Phi) is 3.11. The largest absolute Gasteiger partial charge is 0.377 e. The van der Waals surface area contributed by atoms with Gasteiger partial charge in [-0.3, -0.25) is 0 Å². The van der Waals surface area contributed by atoms with E-state index in [0.717, 1.165) is 22.1 Å². The van der Waals surface area contributed by atoms with E-state index in [1.54, 1.807) is 12.1 Å². The summed E-state index contributed by atoms with van der Waals surface area (Å²) in [5, 5.41) is 3.57. The molecular formula is C18H15BrFN. The summed E-state index contributed by atoms with van der Waals surface area (Å²) in [5.74, 6) is 0.614. The molecule has 0 saturated carbocycles. The number of nitrogens with one attached hydrogen (secondary N) is 1. The van der Waals surface area contributed by atoms with Crippen molar-refractivity contribution < 1.29 is 4.39 Å². The molecule has 2 aliphatic rings. The predicted octanol–water partition coefficient (Wildman–Crippen LogP) is 5.41. The Hall–Kier alpha value is -1.61. The summed E-state index contributed by atoms with van der Waals surface area (Å²) in [7, 11) is 0. The molecule has 21 heavy (non-hydrogen) atoms. The molecule has 0 unspecified atom stereocenters. The lowest BCUT2D eigenvalue weighted by molar-refractivity contribution is 0.413. The minimum Gasteiger partial charge on any atom is -0.377 e. The highest BCUT2D eigenvalue weighted by molar-refractivity contribution is 9.10. The first-order chi connectivity index (χ1) is 10.3. The van der Waals surface area contributed by atoms with E-state index in [2.05, 4.69) is 45.5 Å². The van der Waals surface area contributed by atoms with Gasteiger partial charge in [-0.15, -0.1) is 0 Å². The van der Waals surface area contributed by atoms with Crippen LogP contribution in [-0.4, -0.2) is 0 Å². The minimum absolute atomic E-state index is 0.0115. The summed E-state index contributed by atoms with van der Waals surface area (Å²) in [5.41, 5.74) is 3.16. The van der Waals surface area contributed by atoms with Crippen LogP contribution in [0.5, 0.6) is 0 Å². The Morgan fingerprint density at radius 1 is 1.05 bits per heavy atom. The summed E-state index contributed by atoms with van der Waals surface area (Å²) in [4.78, 5) is 0. The quantitative estimate of drug-likeness (QED) is 0.682. The van der Waals surface area contributed by atoms with Crippen molar-refractivity contribution in [3.8, 4) is 0 Å². The molecule has 2 aromatic rings. The zero-order valence-corrected chi connectivity index (χ0v) is 13.0. The van der Waals surface area contributed by atoms with Crippen LogP contribution in [0.4, 0.5) is 10.1 Å². The van der Waals surface area contributed by atoms with Crippen LogP contribution in [0.25, 0.3) is 0 Å². The molecule has 1 N–H and O–H groups in total. The van der Waals surface area contributed by atoms with Crippen LogP contribution in [0.2, 0.25) is 0 Å². The van der Waals surface area contributed by atoms with E-state index < -0.39 is 0 Å². The number of fused-ring (bicyclic) bond motifs is 3. The maximum Gasteiger partial charge on any atom is 0.128 e. The second-order valence-corrected chi connectivity index (χ2v) is 6.56. The van der Waals surface area contributed by atoms with Crippen LogP contribution < -0.4 is 5.32 Å². The number of halogens is 2. The Labute approximate surface area is 132 Å². The molecule has 0 fully saturated rings. The summed E-state index contributed by atoms with van der Waals surface area (Å²) >= 11 is 3.62. The van der Waals surface area contributed by atoms with Crippen molar-refractivity contribution in [2.75, 3.05) is 5.32 Å². The van der Waals surface area contributed by atoms with Crippen molar-refractivity contribution in [1.29, 1.82) is 0 Å². The fourth-order valence-electron chi connectivity index (χ4n) is 3.62. The van der Waals surface area contributed by atoms with Crippen LogP contribution in [-0.2, 0) is 0 Å². The number of hydrogen-bond acceptors (Lipinski definition) is 1. The maximum absolute atomic E-state index is 14.2. The van der Waals surface area contributed by atoms with Gasteiger partial charge >= 0.3 is 0 Å². The normalized spacial score (nSPS) is 26.1. The van der Waals surface area contributed by atoms with E-state index in [0.29, 0.717) is 11.8 Å². The van der Waals surface area contributed by atoms with E-state index in [1.807, 2.05) is 18.2 Å². The number of anilines is 1. The number of benzene rings is 2. The molecule has 1 aliphatic heterocycles. The van der Waals surface area contributed by atoms with Gasteiger partial charge in [-0.05, 0) is 46.0 Å². The standard InChI is InChI=1S/C18H15BrFN/c19-15-9-4-8-13-11-6-3-7-12(11)17(21-18(13)15)14-5-1-2-10-16(14)20/h1-6,8-12,17,21H,7H2/t11-,12-,17-/m1/s1. The van der Waals surface area contributed by atoms with Crippen molar-refractivity contribution in [3.05, 3.63) is 76.0 Å². The summed E-state index contributed by atoms with van der Waals surface area (Å²) in [6.45, 7) is 0. The van der Waals surface area contributed by atoms with Crippen LogP contribution >= 0.6 is 15.9 Å². The molecule has 0 aromatic heterocycles. The highest BCUT2D eigenvalue weighted by Gasteiger charge is 2.39. The third-order valence-corrected chi connectivity index (χ3v) is 5.25. The first-order valence-electron chi connectivity index (χ1n) is 7.22. The Bertz CT molecular complexity index is 725. The highest BCUT2D eigenvalue weighted by atomic mass is 79.9. The molecule has 4 rings (SSSR count). The Morgan fingerprint density at radius 3 is 2.71 bits per heavy atom. The second kappa shape index (κ2) is 4.99. The molecule has 0 radical (unpaired) electrons. The van der Waals surface area contributed by atoms with Gasteiger partial charge < -0.3 is 5.32 Å². The SMILES string of the molecule is Fc1ccccc1[C@@H]1Nc2c(Br)cccc2[C@@H]2C=CC[C@H]21. The lowest BCUT2D eigenvalue weighted by Gasteiger charge is -2.38. The fraction of sp³-hybridized carbons (Fsp3) is 0.222. The van der Waals surface area contributed by atoms with Gasteiger partial charge in [-0.2, -0.15) is 0 Å². The van der Waals surface area contributed by atoms with E-state index in [-0.39, 0.29) is 11.9 Å². The number of allylic oxidation sites excluding steroid dienone is 2. The van der Waals surface area contributed by atoms with Crippen molar-refractivity contribution in [3.63, 3.8) is 0 Å². The van der Waals surface area contributed by atoms with Gasteiger partial charge in [0.25, 0.3) is 0 Å². The van der Waals surface area contributed by atoms with Gasteiger partial charge in [0.15, 0.2) is 0 Å². The molecule has 1 aliphatic carbocycles. The van der Waals surface area contributed by atoms with Crippen molar-refractivity contribution >= 4 is 21.6 Å². The molecule has 1 heterocycles. The third-order valence-electron chi connectivity index (χ3n) is 4.59. The Balaban J connectivity index is 1.85. The first kappa shape index (κ1) is 13.1. The van der Waals surface area contributed by atoms with Gasteiger partial charge in [0.2, 0.25) is 0 Å². The molecule has 0 amide bonds. The van der Waals surface area contributed by atoms with Crippen molar-refractivity contribution in [1.82, 2.24) is 0 Å². The van der Waals surface area contributed by atoms with Crippen LogP contribution in [0.1, 0.15) is 29.5 Å². The summed E-state index contributed by atoms with van der Waals surface area (Å²) in [6, 6.07) is 13.4. The molecule has 3 heteroatoms. The van der Waals surface area contributed by atoms with Gasteiger partial charge in [0.05, 0.1) is 11.7 Å². The average Bonchev–Trinajstić information content (AvgIpc) is 2.97. The second-order valence-electron chi connectivity index (χ2n) is 5.70. The zero-order valence-electron chi connectivity index (χ0n) is 11.4. The molecule has 0 bridgehead atoms. The fourth-order valence-corrected chi connectivity index (χ4v) is 4.11. The zero-order chi connectivity index (χ0) is 14.4. The number of rotatable bonds is 1. The Morgan fingerprint density at radius 2 is 1.86 bits per heavy atom. The first-order valence-corrected chi connectivity index (χ1v) is 8.01. The van der Waals surface area contributed by atoms with E-state index in [4.69, 9.17) is 0 Å². The monoisotopic (exact) mass is 343 g/mol. The molecule has 0 saturated heterocycles. The van der Waals surface area contributed by atoms with E-state index in [1.165, 1.54) is 5.56 Å².